The second-order valence-electron chi connectivity index (χ2n) is 17.0. The minimum Gasteiger partial charge on any atom is -0.456 e. The Labute approximate surface area is 374 Å². The summed E-state index contributed by atoms with van der Waals surface area (Å²) < 4.78 is 22.5. The Morgan fingerprint density at radius 1 is 0.303 bits per heavy atom. The molecule has 0 saturated heterocycles. The summed E-state index contributed by atoms with van der Waals surface area (Å²) in [7, 11) is 0. The molecule has 0 aliphatic rings. The Bertz CT molecular complexity index is 4420. The fourth-order valence-electron chi connectivity index (χ4n) is 10.5. The van der Waals surface area contributed by atoms with E-state index in [2.05, 4.69) is 138 Å². The molecule has 0 fully saturated rings. The summed E-state index contributed by atoms with van der Waals surface area (Å²) in [5.74, 6) is 1.54. The highest BCUT2D eigenvalue weighted by Gasteiger charge is 2.27. The zero-order valence-corrected chi connectivity index (χ0v) is 35.0. The molecule has 15 aromatic rings. The van der Waals surface area contributed by atoms with Crippen LogP contribution in [-0.4, -0.2) is 19.5 Å². The molecule has 7 heteroatoms. The molecule has 0 saturated carbocycles. The van der Waals surface area contributed by atoms with E-state index in [0.717, 1.165) is 126 Å². The number of para-hydroxylation sites is 3. The van der Waals surface area contributed by atoms with Crippen molar-refractivity contribution in [3.8, 4) is 39.9 Å². The van der Waals surface area contributed by atoms with Crippen LogP contribution in [0.5, 0.6) is 0 Å². The molecular formula is C59H32N4O3. The van der Waals surface area contributed by atoms with E-state index in [1.165, 1.54) is 5.39 Å². The molecule has 0 spiro atoms. The third-order valence-electron chi connectivity index (χ3n) is 13.4. The number of nitrogens with zero attached hydrogens (tertiary/aromatic N) is 4. The Balaban J connectivity index is 1.11. The molecule has 0 aliphatic carbocycles. The zero-order valence-electron chi connectivity index (χ0n) is 35.0. The van der Waals surface area contributed by atoms with E-state index in [9.17, 15) is 0 Å². The van der Waals surface area contributed by atoms with Crippen molar-refractivity contribution in [3.63, 3.8) is 0 Å². The van der Waals surface area contributed by atoms with Crippen LogP contribution in [0.4, 0.5) is 0 Å². The van der Waals surface area contributed by atoms with E-state index >= 15 is 0 Å². The maximum absolute atomic E-state index is 7.27. The average Bonchev–Trinajstić information content (AvgIpc) is 4.14. The summed E-state index contributed by atoms with van der Waals surface area (Å²) in [6.45, 7) is 0. The fourth-order valence-corrected chi connectivity index (χ4v) is 10.5. The number of benzene rings is 10. The summed E-state index contributed by atoms with van der Waals surface area (Å²) in [5, 5.41) is 12.7. The van der Waals surface area contributed by atoms with E-state index in [4.69, 9.17) is 28.2 Å². The lowest BCUT2D eigenvalue weighted by Gasteiger charge is -2.16. The molecule has 15 rings (SSSR count). The van der Waals surface area contributed by atoms with Crippen molar-refractivity contribution in [2.45, 2.75) is 0 Å². The van der Waals surface area contributed by atoms with E-state index in [0.29, 0.717) is 17.5 Å². The molecular weight excluding hydrogens is 813 g/mol. The lowest BCUT2D eigenvalue weighted by molar-refractivity contribution is 0.668. The van der Waals surface area contributed by atoms with Crippen molar-refractivity contribution >= 4 is 109 Å². The minimum atomic E-state index is 0.499. The fraction of sp³-hybridized carbons (Fsp3) is 0. The third-order valence-corrected chi connectivity index (χ3v) is 13.4. The largest absolute Gasteiger partial charge is 0.456 e. The molecule has 0 N–H and O–H groups in total. The van der Waals surface area contributed by atoms with Gasteiger partial charge in [-0.2, -0.15) is 0 Å². The highest BCUT2D eigenvalue weighted by molar-refractivity contribution is 6.20. The molecule has 0 aliphatic heterocycles. The van der Waals surface area contributed by atoms with Crippen molar-refractivity contribution < 1.29 is 13.3 Å². The van der Waals surface area contributed by atoms with Gasteiger partial charge in [0.05, 0.1) is 11.0 Å². The SMILES string of the molecule is c1ccc2cc3c(cc2c1)c1ccccc1n3-c1c(-c2nc(-c3cccc4oc5ccccc5c34)nc(-c3cccc4oc5ccccc5c34)n2)ccc2c1oc1c3ccccc3ccc21. The van der Waals surface area contributed by atoms with Crippen molar-refractivity contribution in [2.75, 3.05) is 0 Å². The Hall–Kier alpha value is -9.07. The van der Waals surface area contributed by atoms with Crippen molar-refractivity contribution in [3.05, 3.63) is 194 Å². The van der Waals surface area contributed by atoms with E-state index in [1.807, 2.05) is 60.7 Å². The second kappa shape index (κ2) is 13.2. The van der Waals surface area contributed by atoms with Crippen molar-refractivity contribution in [2.24, 2.45) is 0 Å². The smallest absolute Gasteiger partial charge is 0.166 e. The molecule has 0 bridgehead atoms. The quantitative estimate of drug-likeness (QED) is 0.175. The topological polar surface area (TPSA) is 83.0 Å². The molecule has 0 atom stereocenters. The first-order valence-electron chi connectivity index (χ1n) is 22.1. The van der Waals surface area contributed by atoms with Crippen LogP contribution in [-0.2, 0) is 0 Å². The standard InChI is InChI=1S/C59H32N4O3/c1-2-15-35-32-47-45(31-34(35)14-1)37-17-5-8-22-46(37)63(47)54-44(30-29-39-38-28-27-33-13-3-4-16-36(33)55(38)66-56(39)54)59-61-57(42-20-11-25-50-52(42)40-18-6-9-23-48(40)64-50)60-58(62-59)43-21-12-26-51-53(43)41-19-7-10-24-49(41)65-51/h1-32H. The molecule has 66 heavy (non-hydrogen) atoms. The van der Waals surface area contributed by atoms with Gasteiger partial charge in [-0.05, 0) is 76.8 Å². The van der Waals surface area contributed by atoms with Gasteiger partial charge >= 0.3 is 0 Å². The van der Waals surface area contributed by atoms with Gasteiger partial charge in [0, 0.05) is 65.2 Å². The summed E-state index contributed by atoms with van der Waals surface area (Å²) in [6, 6.07) is 67.3. The normalized spacial score (nSPS) is 12.2. The van der Waals surface area contributed by atoms with Gasteiger partial charge in [-0.15, -0.1) is 0 Å². The highest BCUT2D eigenvalue weighted by atomic mass is 16.3. The van der Waals surface area contributed by atoms with Crippen LogP contribution >= 0.6 is 0 Å². The first-order chi connectivity index (χ1) is 32.7. The monoisotopic (exact) mass is 844 g/mol. The summed E-state index contributed by atoms with van der Waals surface area (Å²) >= 11 is 0. The lowest BCUT2D eigenvalue weighted by atomic mass is 10.0. The molecule has 0 radical (unpaired) electrons. The number of fused-ring (bicyclic) bond motifs is 15. The number of rotatable bonds is 4. The summed E-state index contributed by atoms with van der Waals surface area (Å²) in [6.07, 6.45) is 0. The number of hydrogen-bond acceptors (Lipinski definition) is 6. The van der Waals surface area contributed by atoms with Gasteiger partial charge in [-0.3, -0.25) is 0 Å². The van der Waals surface area contributed by atoms with Crippen LogP contribution in [0.2, 0.25) is 0 Å². The third kappa shape index (κ3) is 4.93. The summed E-state index contributed by atoms with van der Waals surface area (Å²) in [5.41, 5.74) is 10.1. The number of hydrogen-bond donors (Lipinski definition) is 0. The van der Waals surface area contributed by atoms with E-state index < -0.39 is 0 Å². The highest BCUT2D eigenvalue weighted by Crippen LogP contribution is 2.46. The summed E-state index contributed by atoms with van der Waals surface area (Å²) in [4.78, 5) is 16.4. The van der Waals surface area contributed by atoms with Crippen LogP contribution in [0, 0.1) is 0 Å². The Morgan fingerprint density at radius 2 is 0.818 bits per heavy atom. The molecule has 5 aromatic heterocycles. The minimum absolute atomic E-state index is 0.499. The zero-order chi connectivity index (χ0) is 43.0. The maximum atomic E-state index is 7.27. The van der Waals surface area contributed by atoms with Gasteiger partial charge in [0.15, 0.2) is 23.1 Å². The molecule has 0 amide bonds. The molecule has 0 unspecified atom stereocenters. The lowest BCUT2D eigenvalue weighted by Crippen LogP contribution is -2.04. The van der Waals surface area contributed by atoms with Crippen LogP contribution < -0.4 is 0 Å². The van der Waals surface area contributed by atoms with Gasteiger partial charge in [-0.25, -0.2) is 15.0 Å². The molecule has 7 nitrogen and oxygen atoms in total. The maximum Gasteiger partial charge on any atom is 0.166 e. The molecule has 5 heterocycles. The first-order valence-corrected chi connectivity index (χ1v) is 22.1. The van der Waals surface area contributed by atoms with E-state index in [-0.39, 0.29) is 0 Å². The van der Waals surface area contributed by atoms with Gasteiger partial charge in [0.2, 0.25) is 0 Å². The van der Waals surface area contributed by atoms with E-state index in [1.54, 1.807) is 0 Å². The molecule has 306 valence electrons. The van der Waals surface area contributed by atoms with Gasteiger partial charge in [-0.1, -0.05) is 133 Å². The number of furan rings is 3. The van der Waals surface area contributed by atoms with Crippen molar-refractivity contribution in [1.29, 1.82) is 0 Å². The van der Waals surface area contributed by atoms with Gasteiger partial charge in [0.1, 0.15) is 33.6 Å². The second-order valence-corrected chi connectivity index (χ2v) is 17.0. The van der Waals surface area contributed by atoms with Crippen LogP contribution in [0.15, 0.2) is 207 Å². The van der Waals surface area contributed by atoms with Gasteiger partial charge < -0.3 is 17.8 Å². The molecule has 10 aromatic carbocycles. The van der Waals surface area contributed by atoms with Crippen LogP contribution in [0.3, 0.4) is 0 Å². The van der Waals surface area contributed by atoms with Crippen LogP contribution in [0.1, 0.15) is 0 Å². The number of aromatic nitrogens is 4. The predicted octanol–water partition coefficient (Wildman–Crippen LogP) is 16.0. The average molecular weight is 845 g/mol. The first kappa shape index (κ1) is 35.4. The predicted molar refractivity (Wildman–Crippen MR) is 267 cm³/mol. The Kier molecular flexibility index (Phi) is 7.10. The van der Waals surface area contributed by atoms with Crippen LogP contribution in [0.25, 0.3) is 149 Å². The van der Waals surface area contributed by atoms with Crippen molar-refractivity contribution in [1.82, 2.24) is 19.5 Å². The van der Waals surface area contributed by atoms with Gasteiger partial charge in [0.25, 0.3) is 0 Å². The Morgan fingerprint density at radius 3 is 1.50 bits per heavy atom.